The van der Waals surface area contributed by atoms with E-state index in [0.29, 0.717) is 18.3 Å². The molecule has 0 spiro atoms. The zero-order valence-corrected chi connectivity index (χ0v) is 14.9. The van der Waals surface area contributed by atoms with Gasteiger partial charge in [-0.25, -0.2) is 0 Å². The molecule has 1 N–H and O–H groups in total. The minimum atomic E-state index is 0.0838. The molecule has 1 amide bonds. The zero-order valence-electron chi connectivity index (χ0n) is 14.1. The van der Waals surface area contributed by atoms with Crippen LogP contribution in [0.4, 0.5) is 0 Å². The molecule has 1 unspecified atom stereocenters. The van der Waals surface area contributed by atoms with E-state index in [4.69, 9.17) is 4.74 Å². The second-order valence-corrected chi connectivity index (χ2v) is 7.60. The molecule has 1 atom stereocenters. The average Bonchev–Trinajstić information content (AvgIpc) is 2.44. The molecule has 0 aromatic heterocycles. The SMILES string of the molecule is Cc1cc(C)c2c(c1)C(NC(=O)CSCCC(C)C)CCO2. The van der Waals surface area contributed by atoms with Gasteiger partial charge in [0.25, 0.3) is 0 Å². The summed E-state index contributed by atoms with van der Waals surface area (Å²) in [5.74, 6) is 3.38. The molecular weight excluding hydrogens is 294 g/mol. The summed E-state index contributed by atoms with van der Waals surface area (Å²) < 4.78 is 5.79. The Kier molecular flexibility index (Phi) is 6.18. The summed E-state index contributed by atoms with van der Waals surface area (Å²) in [6, 6.07) is 4.35. The number of benzene rings is 1. The molecule has 122 valence electrons. The van der Waals surface area contributed by atoms with Crippen LogP contribution in [0.15, 0.2) is 12.1 Å². The second kappa shape index (κ2) is 7.91. The van der Waals surface area contributed by atoms with Crippen LogP contribution in [0.25, 0.3) is 0 Å². The number of rotatable bonds is 6. The smallest absolute Gasteiger partial charge is 0.230 e. The van der Waals surface area contributed by atoms with Crippen molar-refractivity contribution in [1.29, 1.82) is 0 Å². The third kappa shape index (κ3) is 4.67. The van der Waals surface area contributed by atoms with E-state index in [-0.39, 0.29) is 11.9 Å². The highest BCUT2D eigenvalue weighted by Crippen LogP contribution is 2.35. The van der Waals surface area contributed by atoms with Gasteiger partial charge in [0.2, 0.25) is 5.91 Å². The standard InChI is InChI=1S/C18H27NO2S/c1-12(2)6-8-22-11-17(20)19-16-5-7-21-18-14(4)9-13(3)10-15(16)18/h9-10,12,16H,5-8,11H2,1-4H3,(H,19,20). The number of carbonyl (C=O) groups excluding carboxylic acids is 1. The van der Waals surface area contributed by atoms with E-state index in [1.165, 1.54) is 5.56 Å². The largest absolute Gasteiger partial charge is 0.493 e. The lowest BCUT2D eigenvalue weighted by Crippen LogP contribution is -2.33. The van der Waals surface area contributed by atoms with Crippen molar-refractivity contribution in [3.8, 4) is 5.75 Å². The van der Waals surface area contributed by atoms with Crippen LogP contribution in [-0.4, -0.2) is 24.0 Å². The van der Waals surface area contributed by atoms with Crippen molar-refractivity contribution < 1.29 is 9.53 Å². The highest BCUT2D eigenvalue weighted by atomic mass is 32.2. The quantitative estimate of drug-likeness (QED) is 0.804. The predicted octanol–water partition coefficient (Wildman–Crippen LogP) is 4.02. The molecular formula is C18H27NO2S. The van der Waals surface area contributed by atoms with E-state index in [2.05, 4.69) is 45.1 Å². The first-order valence-corrected chi connectivity index (χ1v) is 9.24. The van der Waals surface area contributed by atoms with Gasteiger partial charge in [-0.3, -0.25) is 4.79 Å². The number of hydrogen-bond acceptors (Lipinski definition) is 3. The van der Waals surface area contributed by atoms with Crippen LogP contribution in [-0.2, 0) is 4.79 Å². The Labute approximate surface area is 138 Å². The number of ether oxygens (including phenoxy) is 1. The minimum Gasteiger partial charge on any atom is -0.493 e. The second-order valence-electron chi connectivity index (χ2n) is 6.49. The van der Waals surface area contributed by atoms with Gasteiger partial charge in [-0.15, -0.1) is 0 Å². The van der Waals surface area contributed by atoms with Gasteiger partial charge < -0.3 is 10.1 Å². The number of fused-ring (bicyclic) bond motifs is 1. The maximum atomic E-state index is 12.2. The molecule has 1 aliphatic heterocycles. The Morgan fingerprint density at radius 3 is 2.91 bits per heavy atom. The van der Waals surface area contributed by atoms with Crippen molar-refractivity contribution in [2.75, 3.05) is 18.1 Å². The third-order valence-corrected chi connectivity index (χ3v) is 4.87. The zero-order chi connectivity index (χ0) is 16.1. The number of aryl methyl sites for hydroxylation is 2. The topological polar surface area (TPSA) is 38.3 Å². The maximum Gasteiger partial charge on any atom is 0.230 e. The van der Waals surface area contributed by atoms with Crippen molar-refractivity contribution in [3.63, 3.8) is 0 Å². The molecule has 0 aliphatic carbocycles. The minimum absolute atomic E-state index is 0.0838. The fourth-order valence-electron chi connectivity index (χ4n) is 2.75. The summed E-state index contributed by atoms with van der Waals surface area (Å²) in [6.45, 7) is 9.25. The highest BCUT2D eigenvalue weighted by molar-refractivity contribution is 7.99. The summed E-state index contributed by atoms with van der Waals surface area (Å²) >= 11 is 1.72. The summed E-state index contributed by atoms with van der Waals surface area (Å²) in [4.78, 5) is 12.2. The van der Waals surface area contributed by atoms with Gasteiger partial charge in [0, 0.05) is 12.0 Å². The fraction of sp³-hybridized carbons (Fsp3) is 0.611. The number of amides is 1. The van der Waals surface area contributed by atoms with Crippen LogP contribution in [0.1, 0.15) is 49.4 Å². The van der Waals surface area contributed by atoms with Crippen LogP contribution in [0.3, 0.4) is 0 Å². The Morgan fingerprint density at radius 1 is 1.41 bits per heavy atom. The molecule has 0 saturated carbocycles. The maximum absolute atomic E-state index is 12.2. The van der Waals surface area contributed by atoms with Crippen molar-refractivity contribution in [2.45, 2.75) is 46.6 Å². The molecule has 0 radical (unpaired) electrons. The van der Waals surface area contributed by atoms with Crippen molar-refractivity contribution >= 4 is 17.7 Å². The van der Waals surface area contributed by atoms with Gasteiger partial charge in [0.05, 0.1) is 18.4 Å². The first-order valence-electron chi connectivity index (χ1n) is 8.08. The molecule has 0 bridgehead atoms. The Morgan fingerprint density at radius 2 is 2.18 bits per heavy atom. The van der Waals surface area contributed by atoms with E-state index in [1.54, 1.807) is 11.8 Å². The first-order chi connectivity index (χ1) is 10.5. The summed E-state index contributed by atoms with van der Waals surface area (Å²) in [5.41, 5.74) is 3.50. The van der Waals surface area contributed by atoms with Gasteiger partial charge in [0.15, 0.2) is 0 Å². The molecule has 0 saturated heterocycles. The van der Waals surface area contributed by atoms with Crippen LogP contribution >= 0.6 is 11.8 Å². The van der Waals surface area contributed by atoms with Crippen LogP contribution < -0.4 is 10.1 Å². The normalized spacial score (nSPS) is 17.0. The molecule has 1 aromatic carbocycles. The molecule has 22 heavy (non-hydrogen) atoms. The van der Waals surface area contributed by atoms with Crippen molar-refractivity contribution in [2.24, 2.45) is 5.92 Å². The van der Waals surface area contributed by atoms with Crippen molar-refractivity contribution in [1.82, 2.24) is 5.32 Å². The van der Waals surface area contributed by atoms with Crippen molar-refractivity contribution in [3.05, 3.63) is 28.8 Å². The number of hydrogen-bond donors (Lipinski definition) is 1. The Bertz CT molecular complexity index is 528. The summed E-state index contributed by atoms with van der Waals surface area (Å²) in [6.07, 6.45) is 2.01. The fourth-order valence-corrected chi connectivity index (χ4v) is 3.80. The van der Waals surface area contributed by atoms with E-state index < -0.39 is 0 Å². The molecule has 4 heteroatoms. The Hall–Kier alpha value is -1.16. The molecule has 0 fully saturated rings. The number of thioether (sulfide) groups is 1. The van der Waals surface area contributed by atoms with Crippen LogP contribution in [0.2, 0.25) is 0 Å². The molecule has 1 heterocycles. The summed E-state index contributed by atoms with van der Waals surface area (Å²) in [5, 5.41) is 3.18. The van der Waals surface area contributed by atoms with Gasteiger partial charge >= 0.3 is 0 Å². The lowest BCUT2D eigenvalue weighted by Gasteiger charge is -2.28. The average molecular weight is 321 g/mol. The predicted molar refractivity (Wildman–Crippen MR) is 93.7 cm³/mol. The first kappa shape index (κ1) is 17.2. The highest BCUT2D eigenvalue weighted by Gasteiger charge is 2.24. The molecule has 3 nitrogen and oxygen atoms in total. The van der Waals surface area contributed by atoms with E-state index in [0.717, 1.165) is 35.5 Å². The lowest BCUT2D eigenvalue weighted by atomic mass is 9.96. The van der Waals surface area contributed by atoms with Crippen LogP contribution in [0.5, 0.6) is 5.75 Å². The third-order valence-electron chi connectivity index (χ3n) is 3.88. The Balaban J connectivity index is 1.93. The number of nitrogens with one attached hydrogen (secondary N) is 1. The van der Waals surface area contributed by atoms with Gasteiger partial charge in [-0.2, -0.15) is 11.8 Å². The summed E-state index contributed by atoms with van der Waals surface area (Å²) in [7, 11) is 0. The molecule has 2 rings (SSSR count). The van der Waals surface area contributed by atoms with Gasteiger partial charge in [-0.1, -0.05) is 31.5 Å². The molecule has 1 aromatic rings. The monoisotopic (exact) mass is 321 g/mol. The van der Waals surface area contributed by atoms with E-state index in [1.807, 2.05) is 0 Å². The van der Waals surface area contributed by atoms with E-state index >= 15 is 0 Å². The van der Waals surface area contributed by atoms with Crippen LogP contribution in [0, 0.1) is 19.8 Å². The lowest BCUT2D eigenvalue weighted by molar-refractivity contribution is -0.119. The number of carbonyl (C=O) groups is 1. The van der Waals surface area contributed by atoms with Gasteiger partial charge in [-0.05, 0) is 37.5 Å². The van der Waals surface area contributed by atoms with E-state index in [9.17, 15) is 4.79 Å². The molecule has 1 aliphatic rings. The van der Waals surface area contributed by atoms with Gasteiger partial charge in [0.1, 0.15) is 5.75 Å².